The number of hydrogen-bond donors (Lipinski definition) is 2. The van der Waals surface area contributed by atoms with E-state index in [0.717, 1.165) is 19.5 Å². The molecular weight excluding hydrogens is 230 g/mol. The van der Waals surface area contributed by atoms with Crippen molar-refractivity contribution >= 4 is 11.3 Å². The molecule has 1 heterocycles. The number of rotatable bonds is 6. The normalized spacial score (nSPS) is 15.8. The minimum atomic E-state index is 0.197. The van der Waals surface area contributed by atoms with Crippen molar-refractivity contribution in [2.45, 2.75) is 46.1 Å². The summed E-state index contributed by atoms with van der Waals surface area (Å²) in [5.41, 5.74) is 6.31. The second-order valence-corrected chi connectivity index (χ2v) is 6.66. The van der Waals surface area contributed by atoms with Gasteiger partial charge in [0.15, 0.2) is 0 Å². The zero-order valence-electron chi connectivity index (χ0n) is 11.4. The third-order valence-corrected chi connectivity index (χ3v) is 4.08. The smallest absolute Gasteiger partial charge is 0.0965 e. The van der Waals surface area contributed by atoms with E-state index in [1.165, 1.54) is 5.01 Å². The molecule has 0 aliphatic heterocycles. The van der Waals surface area contributed by atoms with E-state index < -0.39 is 0 Å². The second-order valence-electron chi connectivity index (χ2n) is 5.74. The van der Waals surface area contributed by atoms with Gasteiger partial charge in [0.1, 0.15) is 0 Å². The van der Waals surface area contributed by atoms with E-state index >= 15 is 0 Å². The number of hydrogen-bond acceptors (Lipinski definition) is 4. The summed E-state index contributed by atoms with van der Waals surface area (Å²) in [6.07, 6.45) is 2.89. The van der Waals surface area contributed by atoms with Crippen molar-refractivity contribution < 1.29 is 0 Å². The van der Waals surface area contributed by atoms with E-state index in [1.807, 2.05) is 11.6 Å². The minimum absolute atomic E-state index is 0.197. The van der Waals surface area contributed by atoms with Crippen LogP contribution in [0, 0.1) is 5.41 Å². The van der Waals surface area contributed by atoms with Gasteiger partial charge in [-0.3, -0.25) is 0 Å². The summed E-state index contributed by atoms with van der Waals surface area (Å²) in [5.74, 6) is 0.487. The van der Waals surface area contributed by atoms with Crippen LogP contribution in [0.15, 0.2) is 11.6 Å². The molecule has 4 heteroatoms. The van der Waals surface area contributed by atoms with E-state index in [-0.39, 0.29) is 11.5 Å². The maximum Gasteiger partial charge on any atom is 0.0965 e. The van der Waals surface area contributed by atoms with Crippen molar-refractivity contribution in [3.05, 3.63) is 16.6 Å². The Labute approximate surface area is 109 Å². The van der Waals surface area contributed by atoms with Gasteiger partial charge in [0.2, 0.25) is 0 Å². The van der Waals surface area contributed by atoms with Gasteiger partial charge in [0.05, 0.1) is 5.01 Å². The van der Waals surface area contributed by atoms with E-state index in [0.29, 0.717) is 5.92 Å². The van der Waals surface area contributed by atoms with Gasteiger partial charge in [0.25, 0.3) is 0 Å². The van der Waals surface area contributed by atoms with Crippen molar-refractivity contribution in [3.8, 4) is 0 Å². The lowest BCUT2D eigenvalue weighted by Gasteiger charge is -2.27. The molecule has 0 saturated carbocycles. The molecule has 98 valence electrons. The number of nitrogens with zero attached hydrogens (tertiary/aromatic N) is 1. The Morgan fingerprint density at radius 1 is 1.47 bits per heavy atom. The Kier molecular flexibility index (Phi) is 5.56. The van der Waals surface area contributed by atoms with Crippen LogP contribution in [-0.2, 0) is 0 Å². The molecule has 1 aromatic rings. The topological polar surface area (TPSA) is 50.9 Å². The Bertz CT molecular complexity index is 303. The van der Waals surface area contributed by atoms with Crippen LogP contribution in [0.4, 0.5) is 0 Å². The number of nitrogens with two attached hydrogens (primary N) is 1. The van der Waals surface area contributed by atoms with Crippen molar-refractivity contribution in [2.24, 2.45) is 11.1 Å². The van der Waals surface area contributed by atoms with Gasteiger partial charge in [0, 0.05) is 30.1 Å². The fourth-order valence-electron chi connectivity index (χ4n) is 1.57. The third-order valence-electron chi connectivity index (χ3n) is 3.07. The van der Waals surface area contributed by atoms with Gasteiger partial charge < -0.3 is 11.1 Å². The molecule has 0 saturated heterocycles. The SMILES string of the molecule is CC(CNCCC(N)C(C)(C)C)c1nccs1. The monoisotopic (exact) mass is 255 g/mol. The molecule has 1 aromatic heterocycles. The Hall–Kier alpha value is -0.450. The van der Waals surface area contributed by atoms with Gasteiger partial charge in [-0.25, -0.2) is 4.98 Å². The maximum atomic E-state index is 6.11. The summed E-state index contributed by atoms with van der Waals surface area (Å²) in [7, 11) is 0. The first kappa shape index (κ1) is 14.6. The molecule has 2 atom stereocenters. The molecule has 3 N–H and O–H groups in total. The van der Waals surface area contributed by atoms with Crippen LogP contribution in [0.25, 0.3) is 0 Å². The van der Waals surface area contributed by atoms with Crippen LogP contribution in [0.5, 0.6) is 0 Å². The van der Waals surface area contributed by atoms with Crippen LogP contribution < -0.4 is 11.1 Å². The summed E-state index contributed by atoms with van der Waals surface area (Å²) in [6.45, 7) is 10.7. The molecule has 0 bridgehead atoms. The summed E-state index contributed by atoms with van der Waals surface area (Å²) in [6, 6.07) is 0.255. The van der Waals surface area contributed by atoms with Gasteiger partial charge in [-0.2, -0.15) is 0 Å². The molecule has 0 aliphatic rings. The highest BCUT2D eigenvalue weighted by molar-refractivity contribution is 7.09. The molecule has 3 nitrogen and oxygen atoms in total. The van der Waals surface area contributed by atoms with Crippen LogP contribution in [0.2, 0.25) is 0 Å². The van der Waals surface area contributed by atoms with E-state index in [9.17, 15) is 0 Å². The molecule has 0 aromatic carbocycles. The molecule has 0 radical (unpaired) electrons. The van der Waals surface area contributed by atoms with Crippen LogP contribution >= 0.6 is 11.3 Å². The van der Waals surface area contributed by atoms with Crippen LogP contribution in [0.3, 0.4) is 0 Å². The molecule has 0 aliphatic carbocycles. The van der Waals surface area contributed by atoms with Crippen LogP contribution in [-0.4, -0.2) is 24.1 Å². The summed E-state index contributed by atoms with van der Waals surface area (Å²) in [5, 5.41) is 6.70. The zero-order valence-corrected chi connectivity index (χ0v) is 12.2. The molecule has 2 unspecified atom stereocenters. The predicted molar refractivity (Wildman–Crippen MR) is 75.4 cm³/mol. The second kappa shape index (κ2) is 6.47. The van der Waals surface area contributed by atoms with Crippen molar-refractivity contribution in [2.75, 3.05) is 13.1 Å². The first-order valence-electron chi connectivity index (χ1n) is 6.27. The molecule has 0 fully saturated rings. The van der Waals surface area contributed by atoms with Crippen molar-refractivity contribution in [1.82, 2.24) is 10.3 Å². The third kappa shape index (κ3) is 5.15. The minimum Gasteiger partial charge on any atom is -0.327 e. The standard InChI is InChI=1S/C13H25N3S/c1-10(12-16-7-8-17-12)9-15-6-5-11(14)13(2,3)4/h7-8,10-11,15H,5-6,9,14H2,1-4H3. The molecule has 1 rings (SSSR count). The molecule has 0 spiro atoms. The lowest BCUT2D eigenvalue weighted by atomic mass is 9.85. The molecule has 0 amide bonds. The van der Waals surface area contributed by atoms with E-state index in [4.69, 9.17) is 5.73 Å². The average Bonchev–Trinajstić information content (AvgIpc) is 2.75. The van der Waals surface area contributed by atoms with Crippen LogP contribution in [0.1, 0.15) is 45.0 Å². The Morgan fingerprint density at radius 2 is 2.18 bits per heavy atom. The summed E-state index contributed by atoms with van der Waals surface area (Å²) >= 11 is 1.72. The Morgan fingerprint density at radius 3 is 2.71 bits per heavy atom. The largest absolute Gasteiger partial charge is 0.327 e. The van der Waals surface area contributed by atoms with Gasteiger partial charge >= 0.3 is 0 Å². The zero-order chi connectivity index (χ0) is 12.9. The Balaban J connectivity index is 2.17. The lowest BCUT2D eigenvalue weighted by Crippen LogP contribution is -2.38. The van der Waals surface area contributed by atoms with E-state index in [2.05, 4.69) is 38.0 Å². The van der Waals surface area contributed by atoms with E-state index in [1.54, 1.807) is 11.3 Å². The average molecular weight is 255 g/mol. The van der Waals surface area contributed by atoms with Gasteiger partial charge in [-0.1, -0.05) is 27.7 Å². The fourth-order valence-corrected chi connectivity index (χ4v) is 2.27. The first-order valence-corrected chi connectivity index (χ1v) is 7.15. The lowest BCUT2D eigenvalue weighted by molar-refractivity contribution is 0.302. The summed E-state index contributed by atoms with van der Waals surface area (Å²) < 4.78 is 0. The number of thiazole rings is 1. The van der Waals surface area contributed by atoms with Crippen molar-refractivity contribution in [3.63, 3.8) is 0 Å². The highest BCUT2D eigenvalue weighted by Gasteiger charge is 2.19. The number of nitrogens with one attached hydrogen (secondary N) is 1. The van der Waals surface area contributed by atoms with Gasteiger partial charge in [-0.15, -0.1) is 11.3 Å². The fraction of sp³-hybridized carbons (Fsp3) is 0.769. The predicted octanol–water partition coefficient (Wildman–Crippen LogP) is 2.60. The summed E-state index contributed by atoms with van der Waals surface area (Å²) in [4.78, 5) is 4.32. The maximum absolute atomic E-state index is 6.11. The van der Waals surface area contributed by atoms with Crippen molar-refractivity contribution in [1.29, 1.82) is 0 Å². The van der Waals surface area contributed by atoms with Gasteiger partial charge in [-0.05, 0) is 18.4 Å². The molecular formula is C13H25N3S. The molecule has 17 heavy (non-hydrogen) atoms. The quantitative estimate of drug-likeness (QED) is 0.768. The first-order chi connectivity index (χ1) is 7.91. The highest BCUT2D eigenvalue weighted by Crippen LogP contribution is 2.19. The highest BCUT2D eigenvalue weighted by atomic mass is 32.1. The number of aromatic nitrogens is 1.